The summed E-state index contributed by atoms with van der Waals surface area (Å²) in [5, 5.41) is 0. The predicted molar refractivity (Wildman–Crippen MR) is 38.5 cm³/mol. The molecular formula is C7H4F3N2O. The van der Waals surface area contributed by atoms with E-state index in [9.17, 15) is 18.0 Å². The quantitative estimate of drug-likeness (QED) is 0.521. The maximum Gasteiger partial charge on any atom is 0.493 e. The number of halogens is 3. The highest BCUT2D eigenvalue weighted by atomic mass is 19.4. The summed E-state index contributed by atoms with van der Waals surface area (Å²) in [5.41, 5.74) is 0. The van der Waals surface area contributed by atoms with Gasteiger partial charge in [-0.1, -0.05) is 6.07 Å². The average molecular weight is 189 g/mol. The Labute approximate surface area is 71.8 Å². The molecule has 1 aromatic heterocycles. The van der Waals surface area contributed by atoms with Gasteiger partial charge in [0.2, 0.25) is 0 Å². The summed E-state index contributed by atoms with van der Waals surface area (Å²) in [4.78, 5) is 12.8. The Kier molecular flexibility index (Phi) is 2.50. The summed E-state index contributed by atoms with van der Waals surface area (Å²) in [6.07, 6.45) is -2.87. The molecule has 3 nitrogen and oxygen atoms in total. The highest BCUT2D eigenvalue weighted by Gasteiger charge is 2.39. The number of pyridine rings is 1. The molecule has 6 heteroatoms. The lowest BCUT2D eigenvalue weighted by molar-refractivity contribution is -0.118. The lowest BCUT2D eigenvalue weighted by Crippen LogP contribution is -2.37. The van der Waals surface area contributed by atoms with Crippen LogP contribution in [0.2, 0.25) is 0 Å². The predicted octanol–water partition coefficient (Wildman–Crippen LogP) is 1.47. The van der Waals surface area contributed by atoms with Crippen molar-refractivity contribution in [3.8, 4) is 0 Å². The molecule has 0 atom stereocenters. The number of anilines is 1. The van der Waals surface area contributed by atoms with Gasteiger partial charge in [0.05, 0.1) is 0 Å². The van der Waals surface area contributed by atoms with E-state index in [0.29, 0.717) is 0 Å². The van der Waals surface area contributed by atoms with Crippen molar-refractivity contribution in [2.24, 2.45) is 0 Å². The third kappa shape index (κ3) is 2.17. The molecule has 1 aromatic rings. The second-order valence-corrected chi connectivity index (χ2v) is 2.08. The van der Waals surface area contributed by atoms with Gasteiger partial charge in [-0.3, -0.25) is 4.79 Å². The first-order valence-corrected chi connectivity index (χ1v) is 3.21. The third-order valence-corrected chi connectivity index (χ3v) is 1.22. The van der Waals surface area contributed by atoms with E-state index in [4.69, 9.17) is 0 Å². The molecule has 0 aliphatic rings. The van der Waals surface area contributed by atoms with Gasteiger partial charge in [0.15, 0.2) is 0 Å². The molecule has 1 radical (unpaired) electrons. The molecule has 0 aromatic carbocycles. The molecule has 0 fully saturated rings. The maximum atomic E-state index is 12.0. The molecule has 0 bridgehead atoms. The van der Waals surface area contributed by atoms with E-state index in [1.807, 2.05) is 0 Å². The largest absolute Gasteiger partial charge is 0.493 e. The van der Waals surface area contributed by atoms with Gasteiger partial charge in [0.1, 0.15) is 5.82 Å². The molecule has 1 rings (SSSR count). The van der Waals surface area contributed by atoms with Crippen molar-refractivity contribution in [1.82, 2.24) is 4.98 Å². The minimum absolute atomic E-state index is 0.495. The number of nitrogens with zero attached hydrogens (tertiary/aromatic N) is 2. The van der Waals surface area contributed by atoms with E-state index in [1.165, 1.54) is 12.1 Å². The number of carbonyl (C=O) groups excluding carboxylic acids is 1. The first-order valence-electron chi connectivity index (χ1n) is 3.21. The molecule has 0 N–H and O–H groups in total. The smallest absolute Gasteiger partial charge is 0.263 e. The van der Waals surface area contributed by atoms with E-state index in [1.54, 1.807) is 0 Å². The van der Waals surface area contributed by atoms with E-state index in [0.717, 1.165) is 18.7 Å². The standard InChI is InChI=1S/C7H4F3N2O/c8-7(9,10)12(5-13)6-3-1-2-4-11-6/h1-4H. The van der Waals surface area contributed by atoms with Crippen LogP contribution in [0.5, 0.6) is 0 Å². The van der Waals surface area contributed by atoms with Crippen LogP contribution >= 0.6 is 0 Å². The number of aromatic nitrogens is 1. The zero-order chi connectivity index (χ0) is 9.90. The van der Waals surface area contributed by atoms with Gasteiger partial charge >= 0.3 is 12.7 Å². The van der Waals surface area contributed by atoms with Crippen molar-refractivity contribution in [3.63, 3.8) is 0 Å². The summed E-state index contributed by atoms with van der Waals surface area (Å²) in [7, 11) is 0. The Morgan fingerprint density at radius 1 is 1.38 bits per heavy atom. The maximum absolute atomic E-state index is 12.0. The summed E-state index contributed by atoms with van der Waals surface area (Å²) < 4.78 is 36.1. The van der Waals surface area contributed by atoms with Gasteiger partial charge in [0, 0.05) is 6.20 Å². The molecule has 13 heavy (non-hydrogen) atoms. The molecule has 0 saturated carbocycles. The number of hydrogen-bond donors (Lipinski definition) is 0. The molecule has 0 saturated heterocycles. The zero-order valence-electron chi connectivity index (χ0n) is 6.25. The zero-order valence-corrected chi connectivity index (χ0v) is 6.25. The van der Waals surface area contributed by atoms with Gasteiger partial charge in [0.25, 0.3) is 0 Å². The van der Waals surface area contributed by atoms with Crippen LogP contribution in [0.4, 0.5) is 19.0 Å². The van der Waals surface area contributed by atoms with Crippen molar-refractivity contribution >= 4 is 12.2 Å². The molecule has 1 heterocycles. The van der Waals surface area contributed by atoms with E-state index in [2.05, 4.69) is 4.98 Å². The number of amides is 1. The average Bonchev–Trinajstić information content (AvgIpc) is 2.05. The molecule has 0 aliphatic carbocycles. The van der Waals surface area contributed by atoms with E-state index >= 15 is 0 Å². The number of rotatable bonds is 2. The van der Waals surface area contributed by atoms with Crippen LogP contribution < -0.4 is 4.90 Å². The van der Waals surface area contributed by atoms with Crippen LogP contribution in [0, 0.1) is 0 Å². The van der Waals surface area contributed by atoms with Crippen LogP contribution in [0.15, 0.2) is 24.4 Å². The van der Waals surface area contributed by atoms with Crippen molar-refractivity contribution < 1.29 is 18.0 Å². The van der Waals surface area contributed by atoms with Gasteiger partial charge in [-0.15, -0.1) is 13.2 Å². The minimum Gasteiger partial charge on any atom is -0.263 e. The Morgan fingerprint density at radius 3 is 2.46 bits per heavy atom. The Hall–Kier alpha value is -1.59. The molecule has 69 valence electrons. The lowest BCUT2D eigenvalue weighted by Gasteiger charge is -2.17. The fourth-order valence-electron chi connectivity index (χ4n) is 0.714. The minimum atomic E-state index is -4.78. The monoisotopic (exact) mass is 189 g/mol. The first-order chi connectivity index (χ1) is 6.05. The van der Waals surface area contributed by atoms with Crippen molar-refractivity contribution in [2.75, 3.05) is 4.90 Å². The summed E-state index contributed by atoms with van der Waals surface area (Å²) >= 11 is 0. The lowest BCUT2D eigenvalue weighted by atomic mass is 10.4. The highest BCUT2D eigenvalue weighted by molar-refractivity contribution is 5.74. The van der Waals surface area contributed by atoms with Gasteiger partial charge < -0.3 is 0 Å². The second kappa shape index (κ2) is 3.42. The van der Waals surface area contributed by atoms with Crippen molar-refractivity contribution in [2.45, 2.75) is 6.30 Å². The fraction of sp³-hybridized carbons (Fsp3) is 0.143. The Bertz CT molecular complexity index is 286. The van der Waals surface area contributed by atoms with Gasteiger partial charge in [-0.2, -0.15) is 4.90 Å². The van der Waals surface area contributed by atoms with Crippen LogP contribution in [0.3, 0.4) is 0 Å². The van der Waals surface area contributed by atoms with E-state index < -0.39 is 17.0 Å². The van der Waals surface area contributed by atoms with Crippen LogP contribution in [0.25, 0.3) is 0 Å². The summed E-state index contributed by atoms with van der Waals surface area (Å²) in [5.74, 6) is -0.495. The molecule has 1 amide bonds. The molecule has 0 unspecified atom stereocenters. The van der Waals surface area contributed by atoms with Crippen LogP contribution in [-0.4, -0.2) is 17.7 Å². The Balaban J connectivity index is 2.99. The highest BCUT2D eigenvalue weighted by Crippen LogP contribution is 2.24. The van der Waals surface area contributed by atoms with Crippen LogP contribution in [0.1, 0.15) is 0 Å². The summed E-state index contributed by atoms with van der Waals surface area (Å²) in [6, 6.07) is 3.86. The van der Waals surface area contributed by atoms with Gasteiger partial charge in [-0.05, 0) is 12.1 Å². The van der Waals surface area contributed by atoms with Crippen LogP contribution in [-0.2, 0) is 4.79 Å². The summed E-state index contributed by atoms with van der Waals surface area (Å²) in [6.45, 7) is 0. The third-order valence-electron chi connectivity index (χ3n) is 1.22. The number of alkyl halides is 3. The first kappa shape index (κ1) is 9.50. The fourth-order valence-corrected chi connectivity index (χ4v) is 0.714. The van der Waals surface area contributed by atoms with E-state index in [-0.39, 0.29) is 0 Å². The Morgan fingerprint density at radius 2 is 2.08 bits per heavy atom. The number of hydrogen-bond acceptors (Lipinski definition) is 2. The van der Waals surface area contributed by atoms with Crippen molar-refractivity contribution in [1.29, 1.82) is 0 Å². The second-order valence-electron chi connectivity index (χ2n) is 2.08. The molecular weight excluding hydrogens is 185 g/mol. The molecule has 0 aliphatic heterocycles. The topological polar surface area (TPSA) is 33.2 Å². The molecule has 0 spiro atoms. The van der Waals surface area contributed by atoms with Crippen molar-refractivity contribution in [3.05, 3.63) is 24.4 Å². The normalized spacial score (nSPS) is 11.0. The van der Waals surface area contributed by atoms with Gasteiger partial charge in [-0.25, -0.2) is 4.98 Å². The SMILES string of the molecule is O=[C]N(c1ccccn1)C(F)(F)F.